The molecule has 3 aromatic heterocycles. The van der Waals surface area contributed by atoms with Gasteiger partial charge in [0.1, 0.15) is 12.0 Å². The minimum absolute atomic E-state index is 0.0161. The van der Waals surface area contributed by atoms with Gasteiger partial charge in [-0.3, -0.25) is 0 Å². The second-order valence-electron chi connectivity index (χ2n) is 8.32. The number of ether oxygens (including phenoxy) is 3. The van der Waals surface area contributed by atoms with Gasteiger partial charge in [0.25, 0.3) is 0 Å². The molecule has 1 aromatic carbocycles. The first-order valence-electron chi connectivity index (χ1n) is 11.3. The van der Waals surface area contributed by atoms with Crippen molar-refractivity contribution in [3.63, 3.8) is 0 Å². The van der Waals surface area contributed by atoms with E-state index in [9.17, 15) is 4.39 Å². The van der Waals surface area contributed by atoms with E-state index >= 15 is 0 Å². The Kier molecular flexibility index (Phi) is 6.41. The third-order valence-corrected chi connectivity index (χ3v) is 6.05. The maximum Gasteiger partial charge on any atom is 0.230 e. The van der Waals surface area contributed by atoms with Gasteiger partial charge in [-0.05, 0) is 25.6 Å². The van der Waals surface area contributed by atoms with Crippen LogP contribution in [-0.2, 0) is 0 Å². The molecule has 10 heteroatoms. The molecule has 0 atom stereocenters. The number of likely N-dealkylation sites (N-methyl/N-ethyl adjacent to an activating group) is 1. The lowest BCUT2D eigenvalue weighted by Crippen LogP contribution is -2.44. The number of pyridine rings is 1. The van der Waals surface area contributed by atoms with Crippen molar-refractivity contribution in [2.75, 3.05) is 53.5 Å². The number of hydrogen-bond acceptors (Lipinski definition) is 8. The molecular weight excluding hydrogens is 439 g/mol. The molecule has 0 radical (unpaired) electrons. The fraction of sp³-hybridized carbons (Fsp3) is 0.375. The average molecular weight is 467 g/mol. The van der Waals surface area contributed by atoms with Gasteiger partial charge in [0.15, 0.2) is 23.1 Å². The first-order chi connectivity index (χ1) is 16.6. The Morgan fingerprint density at radius 3 is 2.71 bits per heavy atom. The fourth-order valence-electron chi connectivity index (χ4n) is 4.07. The normalized spacial score (nSPS) is 15.1. The highest BCUT2D eigenvalue weighted by Crippen LogP contribution is 2.37. The van der Waals surface area contributed by atoms with Crippen LogP contribution in [0, 0.1) is 5.82 Å². The monoisotopic (exact) mass is 466 g/mol. The van der Waals surface area contributed by atoms with Crippen LogP contribution in [0.25, 0.3) is 21.9 Å². The van der Waals surface area contributed by atoms with Gasteiger partial charge in [-0.25, -0.2) is 19.3 Å². The Bertz CT molecular complexity index is 1290. The molecule has 1 fully saturated rings. The van der Waals surface area contributed by atoms with E-state index in [0.717, 1.165) is 39.1 Å². The van der Waals surface area contributed by atoms with E-state index in [1.165, 1.54) is 12.5 Å². The van der Waals surface area contributed by atoms with Crippen LogP contribution < -0.4 is 14.2 Å². The average Bonchev–Trinajstić information content (AvgIpc) is 3.34. The second kappa shape index (κ2) is 9.78. The Morgan fingerprint density at radius 1 is 1.03 bits per heavy atom. The third kappa shape index (κ3) is 4.59. The second-order valence-corrected chi connectivity index (χ2v) is 8.32. The molecule has 4 heterocycles. The highest BCUT2D eigenvalue weighted by molar-refractivity contribution is 5.87. The van der Waals surface area contributed by atoms with Crippen molar-refractivity contribution in [3.05, 3.63) is 42.7 Å². The number of rotatable bonds is 8. The van der Waals surface area contributed by atoms with Crippen molar-refractivity contribution in [2.24, 2.45) is 0 Å². The summed E-state index contributed by atoms with van der Waals surface area (Å²) >= 11 is 0. The quantitative estimate of drug-likeness (QED) is 0.395. The number of aromatic amines is 1. The zero-order valence-electron chi connectivity index (χ0n) is 19.3. The Labute approximate surface area is 196 Å². The van der Waals surface area contributed by atoms with Crippen LogP contribution in [0.5, 0.6) is 23.1 Å². The van der Waals surface area contributed by atoms with Crippen molar-refractivity contribution >= 4 is 21.9 Å². The highest BCUT2D eigenvalue weighted by atomic mass is 19.1. The smallest absolute Gasteiger partial charge is 0.230 e. The lowest BCUT2D eigenvalue weighted by molar-refractivity contribution is 0.145. The van der Waals surface area contributed by atoms with Crippen LogP contribution in [0.1, 0.15) is 6.42 Å². The number of aromatic nitrogens is 4. The van der Waals surface area contributed by atoms with Crippen molar-refractivity contribution in [3.8, 4) is 23.1 Å². The van der Waals surface area contributed by atoms with Crippen LogP contribution in [0.3, 0.4) is 0 Å². The van der Waals surface area contributed by atoms with E-state index in [-0.39, 0.29) is 11.6 Å². The first-order valence-corrected chi connectivity index (χ1v) is 11.3. The van der Waals surface area contributed by atoms with Gasteiger partial charge in [0, 0.05) is 45.0 Å². The molecule has 1 aliphatic heterocycles. The molecule has 1 aliphatic rings. The maximum absolute atomic E-state index is 14.9. The molecule has 0 aliphatic carbocycles. The van der Waals surface area contributed by atoms with Gasteiger partial charge < -0.3 is 29.0 Å². The number of H-pyrrole nitrogens is 1. The maximum atomic E-state index is 14.9. The minimum atomic E-state index is -0.507. The molecule has 178 valence electrons. The molecular formula is C24H27FN6O3. The molecule has 5 rings (SSSR count). The van der Waals surface area contributed by atoms with Gasteiger partial charge in [-0.2, -0.15) is 0 Å². The van der Waals surface area contributed by atoms with Crippen LogP contribution in [0.2, 0.25) is 0 Å². The molecule has 0 saturated carbocycles. The summed E-state index contributed by atoms with van der Waals surface area (Å²) in [5, 5.41) is 0.938. The number of benzene rings is 1. The summed E-state index contributed by atoms with van der Waals surface area (Å²) in [6.45, 7) is 5.86. The Balaban J connectivity index is 1.34. The van der Waals surface area contributed by atoms with Crippen molar-refractivity contribution in [2.45, 2.75) is 6.42 Å². The van der Waals surface area contributed by atoms with E-state index < -0.39 is 5.82 Å². The van der Waals surface area contributed by atoms with Gasteiger partial charge in [-0.15, -0.1) is 0 Å². The predicted octanol–water partition coefficient (Wildman–Crippen LogP) is 3.46. The van der Waals surface area contributed by atoms with Gasteiger partial charge >= 0.3 is 0 Å². The largest absolute Gasteiger partial charge is 0.493 e. The van der Waals surface area contributed by atoms with E-state index in [0.29, 0.717) is 40.0 Å². The summed E-state index contributed by atoms with van der Waals surface area (Å²) in [5.74, 6) is 0.820. The van der Waals surface area contributed by atoms with Crippen molar-refractivity contribution in [1.82, 2.24) is 29.7 Å². The van der Waals surface area contributed by atoms with E-state index in [4.69, 9.17) is 14.2 Å². The fourth-order valence-corrected chi connectivity index (χ4v) is 4.07. The Hall–Kier alpha value is -3.50. The molecule has 34 heavy (non-hydrogen) atoms. The minimum Gasteiger partial charge on any atom is -0.493 e. The molecule has 1 N–H and O–H groups in total. The van der Waals surface area contributed by atoms with E-state index in [1.807, 2.05) is 0 Å². The van der Waals surface area contributed by atoms with Gasteiger partial charge in [0.05, 0.1) is 36.2 Å². The standard InChI is InChI=1S/C24H27FN6O3/c1-30-7-9-31(10-8-30)6-3-11-33-20-12-17-18(13-19(20)32-2)28-15-29-24(17)34-21-14-27-23-16(22(21)25)4-5-26-23/h4-5,12-15H,3,6-11H2,1-2H3,(H,26,27). The number of piperazine rings is 1. The van der Waals surface area contributed by atoms with Crippen LogP contribution >= 0.6 is 0 Å². The van der Waals surface area contributed by atoms with Crippen LogP contribution in [-0.4, -0.2) is 83.2 Å². The van der Waals surface area contributed by atoms with Crippen LogP contribution in [0.4, 0.5) is 4.39 Å². The summed E-state index contributed by atoms with van der Waals surface area (Å²) in [6.07, 6.45) is 5.23. The topological polar surface area (TPSA) is 88.6 Å². The molecule has 1 saturated heterocycles. The third-order valence-electron chi connectivity index (χ3n) is 6.05. The number of hydrogen-bond donors (Lipinski definition) is 1. The highest BCUT2D eigenvalue weighted by Gasteiger charge is 2.17. The van der Waals surface area contributed by atoms with E-state index in [1.54, 1.807) is 31.5 Å². The molecule has 0 spiro atoms. The zero-order chi connectivity index (χ0) is 23.5. The summed E-state index contributed by atoms with van der Waals surface area (Å²) in [7, 11) is 3.74. The summed E-state index contributed by atoms with van der Waals surface area (Å²) in [6, 6.07) is 5.16. The summed E-state index contributed by atoms with van der Waals surface area (Å²) < 4.78 is 32.3. The van der Waals surface area contributed by atoms with E-state index in [2.05, 4.69) is 36.8 Å². The summed E-state index contributed by atoms with van der Waals surface area (Å²) in [5.41, 5.74) is 1.05. The lowest BCUT2D eigenvalue weighted by Gasteiger charge is -2.32. The zero-order valence-corrected chi connectivity index (χ0v) is 19.3. The first kappa shape index (κ1) is 22.3. The van der Waals surface area contributed by atoms with Crippen LogP contribution in [0.15, 0.2) is 36.9 Å². The predicted molar refractivity (Wildman–Crippen MR) is 126 cm³/mol. The molecule has 0 amide bonds. The molecule has 0 unspecified atom stereocenters. The van der Waals surface area contributed by atoms with Crippen molar-refractivity contribution in [1.29, 1.82) is 0 Å². The SMILES string of the molecule is COc1cc2ncnc(Oc3cnc4[nH]ccc4c3F)c2cc1OCCCN1CCN(C)CC1. The number of nitrogens with one attached hydrogen (secondary N) is 1. The number of methoxy groups -OCH3 is 1. The lowest BCUT2D eigenvalue weighted by atomic mass is 10.2. The molecule has 0 bridgehead atoms. The number of nitrogens with zero attached hydrogens (tertiary/aromatic N) is 5. The van der Waals surface area contributed by atoms with Gasteiger partial charge in [0.2, 0.25) is 5.88 Å². The number of halogens is 1. The summed E-state index contributed by atoms with van der Waals surface area (Å²) in [4.78, 5) is 20.4. The number of fused-ring (bicyclic) bond motifs is 2. The van der Waals surface area contributed by atoms with Crippen molar-refractivity contribution < 1.29 is 18.6 Å². The molecule has 9 nitrogen and oxygen atoms in total. The van der Waals surface area contributed by atoms with Gasteiger partial charge in [-0.1, -0.05) is 0 Å². The molecule has 4 aromatic rings. The Morgan fingerprint density at radius 2 is 1.88 bits per heavy atom.